The fourth-order valence-electron chi connectivity index (χ4n) is 1.73. The molecule has 4 heteroatoms. The Morgan fingerprint density at radius 2 is 1.79 bits per heavy atom. The van der Waals surface area contributed by atoms with Gasteiger partial charge in [0.15, 0.2) is 0 Å². The van der Waals surface area contributed by atoms with E-state index in [1.807, 2.05) is 30.5 Å². The van der Waals surface area contributed by atoms with Crippen LogP contribution in [0.1, 0.15) is 27.7 Å². The van der Waals surface area contributed by atoms with Gasteiger partial charge in [0.25, 0.3) is 0 Å². The summed E-state index contributed by atoms with van der Waals surface area (Å²) in [6.45, 7) is 8.59. The van der Waals surface area contributed by atoms with Crippen LogP contribution in [-0.4, -0.2) is 23.2 Å². The minimum Gasteiger partial charge on any atom is -0.429 e. The lowest BCUT2D eigenvalue weighted by Crippen LogP contribution is -2.45. The van der Waals surface area contributed by atoms with Gasteiger partial charge < -0.3 is 4.65 Å². The summed E-state index contributed by atoms with van der Waals surface area (Å²) in [5.41, 5.74) is 2.00. The molecule has 1 heterocycles. The van der Waals surface area contributed by atoms with Gasteiger partial charge in [-0.15, -0.1) is 9.24 Å². The third-order valence-electron chi connectivity index (χ3n) is 3.88. The fraction of sp³-hybridized carbons (Fsp3) is 0.400. The van der Waals surface area contributed by atoms with Crippen molar-refractivity contribution in [2.24, 2.45) is 0 Å². The number of fused-ring (bicyclic) bond motifs is 1. The molecule has 0 fully saturated rings. The smallest absolute Gasteiger partial charge is 0.310 e. The molecule has 1 atom stereocenters. The Balaban J connectivity index is 2.23. The highest BCUT2D eigenvalue weighted by atomic mass is 31.0. The molecule has 0 radical (unpaired) electrons. The zero-order valence-corrected chi connectivity index (χ0v) is 13.3. The molecule has 1 aromatic heterocycles. The van der Waals surface area contributed by atoms with E-state index in [0.717, 1.165) is 5.52 Å². The molecule has 2 nitrogen and oxygen atoms in total. The molecule has 0 aliphatic carbocycles. The van der Waals surface area contributed by atoms with Crippen molar-refractivity contribution in [2.75, 3.05) is 0 Å². The molecule has 0 N–H and O–H groups in total. The molecule has 2 rings (SSSR count). The molecule has 0 saturated heterocycles. The Kier molecular flexibility index (Phi) is 3.99. The Morgan fingerprint density at radius 1 is 1.11 bits per heavy atom. The van der Waals surface area contributed by atoms with Crippen molar-refractivity contribution in [3.05, 3.63) is 36.5 Å². The standard InChI is InChI=1S/C15H21BNOP/c1-14(2,15(3,4)19)18-16-12-9-10-17-13-8-6-5-7-11(12)13/h5-10,16H,19H2,1-4H3. The summed E-state index contributed by atoms with van der Waals surface area (Å²) >= 11 is 0. The maximum absolute atomic E-state index is 6.14. The van der Waals surface area contributed by atoms with Gasteiger partial charge in [-0.25, -0.2) is 0 Å². The van der Waals surface area contributed by atoms with E-state index < -0.39 is 0 Å². The zero-order chi connectivity index (χ0) is 14.1. The maximum Gasteiger partial charge on any atom is 0.310 e. The summed E-state index contributed by atoms with van der Waals surface area (Å²) in [4.78, 5) is 4.38. The van der Waals surface area contributed by atoms with Gasteiger partial charge in [-0.1, -0.05) is 32.0 Å². The van der Waals surface area contributed by atoms with E-state index in [0.29, 0.717) is 7.48 Å². The van der Waals surface area contributed by atoms with Crippen molar-refractivity contribution in [1.82, 2.24) is 4.98 Å². The highest BCUT2D eigenvalue weighted by molar-refractivity contribution is 7.19. The number of hydrogen-bond donors (Lipinski definition) is 0. The number of benzene rings is 1. The van der Waals surface area contributed by atoms with Crippen LogP contribution < -0.4 is 5.46 Å². The summed E-state index contributed by atoms with van der Waals surface area (Å²) in [6, 6.07) is 10.2. The summed E-state index contributed by atoms with van der Waals surface area (Å²) in [5.74, 6) is 0. The zero-order valence-electron chi connectivity index (χ0n) is 12.1. The van der Waals surface area contributed by atoms with Crippen LogP contribution in [0, 0.1) is 0 Å². The largest absolute Gasteiger partial charge is 0.429 e. The monoisotopic (exact) mass is 273 g/mol. The quantitative estimate of drug-likeness (QED) is 0.631. The molecule has 0 saturated carbocycles. The Hall–Kier alpha value is -0.915. The van der Waals surface area contributed by atoms with Crippen molar-refractivity contribution in [3.8, 4) is 0 Å². The minimum absolute atomic E-state index is 0.0236. The van der Waals surface area contributed by atoms with E-state index in [-0.39, 0.29) is 10.8 Å². The van der Waals surface area contributed by atoms with Crippen LogP contribution in [0.5, 0.6) is 0 Å². The molecule has 0 aliphatic heterocycles. The van der Waals surface area contributed by atoms with Crippen LogP contribution in [-0.2, 0) is 4.65 Å². The Labute approximate surface area is 118 Å². The lowest BCUT2D eigenvalue weighted by atomic mass is 9.82. The van der Waals surface area contributed by atoms with Crippen LogP contribution >= 0.6 is 9.24 Å². The van der Waals surface area contributed by atoms with Crippen molar-refractivity contribution in [3.63, 3.8) is 0 Å². The minimum atomic E-state index is -0.206. The number of rotatable bonds is 4. The van der Waals surface area contributed by atoms with Gasteiger partial charge in [-0.2, -0.15) is 0 Å². The SMILES string of the molecule is CC(C)(P)C(C)(C)OBc1ccnc2ccccc12. The first-order valence-electron chi connectivity index (χ1n) is 6.57. The number of nitrogens with zero attached hydrogens (tertiary/aromatic N) is 1. The van der Waals surface area contributed by atoms with Crippen molar-refractivity contribution in [1.29, 1.82) is 0 Å². The second-order valence-corrected chi connectivity index (χ2v) is 7.45. The van der Waals surface area contributed by atoms with Crippen LogP contribution in [0.4, 0.5) is 0 Å². The third kappa shape index (κ3) is 3.16. The highest BCUT2D eigenvalue weighted by Gasteiger charge is 2.33. The van der Waals surface area contributed by atoms with Gasteiger partial charge in [0, 0.05) is 11.4 Å². The van der Waals surface area contributed by atoms with Gasteiger partial charge in [0.05, 0.1) is 11.1 Å². The molecule has 100 valence electrons. The summed E-state index contributed by atoms with van der Waals surface area (Å²) in [7, 11) is 3.47. The average molecular weight is 273 g/mol. The van der Waals surface area contributed by atoms with Gasteiger partial charge in [0.1, 0.15) is 0 Å². The summed E-state index contributed by atoms with van der Waals surface area (Å²) in [5, 5.41) is 1.19. The normalized spacial score (nSPS) is 12.7. The highest BCUT2D eigenvalue weighted by Crippen LogP contribution is 2.33. The molecule has 0 bridgehead atoms. The van der Waals surface area contributed by atoms with Crippen LogP contribution in [0.15, 0.2) is 36.5 Å². The van der Waals surface area contributed by atoms with Crippen molar-refractivity contribution >= 4 is 33.1 Å². The van der Waals surface area contributed by atoms with Crippen LogP contribution in [0.2, 0.25) is 0 Å². The van der Waals surface area contributed by atoms with E-state index in [1.54, 1.807) is 0 Å². The molecule has 19 heavy (non-hydrogen) atoms. The first-order chi connectivity index (χ1) is 8.81. The van der Waals surface area contributed by atoms with Crippen LogP contribution in [0.3, 0.4) is 0 Å². The predicted octanol–water partition coefficient (Wildman–Crippen LogP) is 2.66. The van der Waals surface area contributed by atoms with Gasteiger partial charge in [0.2, 0.25) is 0 Å². The second-order valence-electron chi connectivity index (χ2n) is 6.01. The van der Waals surface area contributed by atoms with Crippen molar-refractivity contribution in [2.45, 2.75) is 38.5 Å². The number of para-hydroxylation sites is 1. The van der Waals surface area contributed by atoms with Gasteiger partial charge >= 0.3 is 7.48 Å². The number of hydrogen-bond acceptors (Lipinski definition) is 2. The fourth-order valence-corrected chi connectivity index (χ4v) is 1.81. The molecule has 0 aliphatic rings. The number of aromatic nitrogens is 1. The van der Waals surface area contributed by atoms with Crippen molar-refractivity contribution < 1.29 is 4.65 Å². The molecule has 2 aromatic rings. The molecular formula is C15H21BNOP. The first-order valence-corrected chi connectivity index (χ1v) is 7.14. The lowest BCUT2D eigenvalue weighted by molar-refractivity contribution is 0.0841. The molecular weight excluding hydrogens is 252 g/mol. The average Bonchev–Trinajstić information content (AvgIpc) is 2.35. The second kappa shape index (κ2) is 5.23. The molecule has 1 aromatic carbocycles. The topological polar surface area (TPSA) is 22.1 Å². The van der Waals surface area contributed by atoms with Crippen LogP contribution in [0.25, 0.3) is 10.9 Å². The number of pyridine rings is 1. The molecule has 0 spiro atoms. The molecule has 1 unspecified atom stereocenters. The summed E-state index contributed by atoms with van der Waals surface area (Å²) in [6.07, 6.45) is 1.85. The van der Waals surface area contributed by atoms with E-state index in [2.05, 4.69) is 48.0 Å². The van der Waals surface area contributed by atoms with E-state index in [4.69, 9.17) is 4.65 Å². The third-order valence-corrected chi connectivity index (χ3v) is 4.57. The van der Waals surface area contributed by atoms with Gasteiger partial charge in [-0.3, -0.25) is 4.98 Å². The first kappa shape index (κ1) is 14.5. The lowest BCUT2D eigenvalue weighted by Gasteiger charge is -2.39. The predicted molar refractivity (Wildman–Crippen MR) is 87.5 cm³/mol. The van der Waals surface area contributed by atoms with E-state index in [9.17, 15) is 0 Å². The van der Waals surface area contributed by atoms with E-state index >= 15 is 0 Å². The maximum atomic E-state index is 6.14. The Bertz CT molecular complexity index is 572. The Morgan fingerprint density at radius 3 is 2.47 bits per heavy atom. The molecule has 0 amide bonds. The van der Waals surface area contributed by atoms with Gasteiger partial charge in [-0.05, 0) is 36.8 Å². The summed E-state index contributed by atoms with van der Waals surface area (Å²) < 4.78 is 6.14. The van der Waals surface area contributed by atoms with E-state index in [1.165, 1.54) is 10.8 Å².